The SMILES string of the molecule is C#CCNC(=NCCN1CCS(=O)(=O)CC1)NCC. The van der Waals surface area contributed by atoms with E-state index in [-0.39, 0.29) is 11.5 Å². The zero-order chi connectivity index (χ0) is 14.1. The van der Waals surface area contributed by atoms with Gasteiger partial charge >= 0.3 is 0 Å². The summed E-state index contributed by atoms with van der Waals surface area (Å²) in [6.07, 6.45) is 5.18. The van der Waals surface area contributed by atoms with Crippen LogP contribution in [0.15, 0.2) is 4.99 Å². The monoisotopic (exact) mass is 286 g/mol. The summed E-state index contributed by atoms with van der Waals surface area (Å²) in [7, 11) is -2.80. The standard InChI is InChI=1S/C12H22N4O2S/c1-3-5-14-12(13-4-2)15-6-7-16-8-10-19(17,18)11-9-16/h1H,4-11H2,2H3,(H2,13,14,15). The molecule has 1 aliphatic heterocycles. The molecule has 1 heterocycles. The Balaban J connectivity index is 2.32. The molecular formula is C12H22N4O2S. The molecule has 0 aliphatic carbocycles. The highest BCUT2D eigenvalue weighted by Gasteiger charge is 2.20. The number of hydrogen-bond donors (Lipinski definition) is 2. The van der Waals surface area contributed by atoms with Gasteiger partial charge in [-0.1, -0.05) is 5.92 Å². The summed E-state index contributed by atoms with van der Waals surface area (Å²) in [6, 6.07) is 0. The number of nitrogens with one attached hydrogen (secondary N) is 2. The minimum Gasteiger partial charge on any atom is -0.357 e. The Bertz CT molecular complexity index is 425. The summed E-state index contributed by atoms with van der Waals surface area (Å²) in [4.78, 5) is 6.51. The number of aliphatic imine (C=N–C) groups is 1. The lowest BCUT2D eigenvalue weighted by Gasteiger charge is -2.25. The molecule has 6 nitrogen and oxygen atoms in total. The number of hydrogen-bond acceptors (Lipinski definition) is 4. The second kappa shape index (κ2) is 8.02. The average Bonchev–Trinajstić information content (AvgIpc) is 2.38. The van der Waals surface area contributed by atoms with Gasteiger partial charge in [-0.25, -0.2) is 8.42 Å². The van der Waals surface area contributed by atoms with E-state index >= 15 is 0 Å². The van der Waals surface area contributed by atoms with Crippen LogP contribution in [-0.4, -0.2) is 70.1 Å². The second-order valence-electron chi connectivity index (χ2n) is 4.31. The third-order valence-electron chi connectivity index (χ3n) is 2.83. The van der Waals surface area contributed by atoms with Crippen molar-refractivity contribution in [2.75, 3.05) is 50.8 Å². The Morgan fingerprint density at radius 1 is 1.37 bits per heavy atom. The first-order valence-electron chi connectivity index (χ1n) is 6.46. The van der Waals surface area contributed by atoms with Crippen molar-refractivity contribution in [3.8, 4) is 12.3 Å². The Morgan fingerprint density at radius 2 is 2.05 bits per heavy atom. The van der Waals surface area contributed by atoms with Crippen LogP contribution in [0.3, 0.4) is 0 Å². The predicted octanol–water partition coefficient (Wildman–Crippen LogP) is -1.09. The Morgan fingerprint density at radius 3 is 2.63 bits per heavy atom. The first kappa shape index (κ1) is 15.8. The van der Waals surface area contributed by atoms with Gasteiger partial charge in [0, 0.05) is 26.2 Å². The molecule has 0 amide bonds. The van der Waals surface area contributed by atoms with Gasteiger partial charge in [0.25, 0.3) is 0 Å². The molecule has 1 aliphatic rings. The number of sulfone groups is 1. The first-order chi connectivity index (χ1) is 9.07. The van der Waals surface area contributed by atoms with Gasteiger partial charge in [-0.15, -0.1) is 6.42 Å². The highest BCUT2D eigenvalue weighted by molar-refractivity contribution is 7.91. The third-order valence-corrected chi connectivity index (χ3v) is 4.43. The van der Waals surface area contributed by atoms with Crippen LogP contribution < -0.4 is 10.6 Å². The smallest absolute Gasteiger partial charge is 0.192 e. The molecule has 7 heteroatoms. The number of nitrogens with zero attached hydrogens (tertiary/aromatic N) is 2. The first-order valence-corrected chi connectivity index (χ1v) is 8.28. The highest BCUT2D eigenvalue weighted by atomic mass is 32.2. The van der Waals surface area contributed by atoms with Crippen LogP contribution in [0.4, 0.5) is 0 Å². The van der Waals surface area contributed by atoms with E-state index in [1.165, 1.54) is 0 Å². The van der Waals surface area contributed by atoms with Gasteiger partial charge in [0.15, 0.2) is 15.8 Å². The molecule has 1 fully saturated rings. The number of rotatable bonds is 5. The quantitative estimate of drug-likeness (QED) is 0.381. The highest BCUT2D eigenvalue weighted by Crippen LogP contribution is 2.02. The van der Waals surface area contributed by atoms with Crippen molar-refractivity contribution in [1.82, 2.24) is 15.5 Å². The van der Waals surface area contributed by atoms with Crippen molar-refractivity contribution in [3.63, 3.8) is 0 Å². The van der Waals surface area contributed by atoms with Crippen LogP contribution in [0.2, 0.25) is 0 Å². The van der Waals surface area contributed by atoms with E-state index < -0.39 is 9.84 Å². The molecule has 1 saturated heterocycles. The normalized spacial score (nSPS) is 19.7. The molecule has 0 aromatic rings. The molecule has 2 N–H and O–H groups in total. The molecule has 0 radical (unpaired) electrons. The molecule has 0 aromatic carbocycles. The predicted molar refractivity (Wildman–Crippen MR) is 77.9 cm³/mol. The van der Waals surface area contributed by atoms with Gasteiger partial charge in [0.05, 0.1) is 24.6 Å². The van der Waals surface area contributed by atoms with Gasteiger partial charge < -0.3 is 10.6 Å². The van der Waals surface area contributed by atoms with Crippen LogP contribution in [0.5, 0.6) is 0 Å². The molecule has 0 saturated carbocycles. The maximum Gasteiger partial charge on any atom is 0.192 e. The van der Waals surface area contributed by atoms with Crippen LogP contribution in [-0.2, 0) is 9.84 Å². The van der Waals surface area contributed by atoms with E-state index in [0.717, 1.165) is 13.1 Å². The lowest BCUT2D eigenvalue weighted by molar-refractivity contribution is 0.304. The van der Waals surface area contributed by atoms with Crippen molar-refractivity contribution in [3.05, 3.63) is 0 Å². The minimum atomic E-state index is -2.80. The zero-order valence-corrected chi connectivity index (χ0v) is 12.2. The lowest BCUT2D eigenvalue weighted by atomic mass is 10.4. The van der Waals surface area contributed by atoms with Gasteiger partial charge in [0.2, 0.25) is 0 Å². The maximum absolute atomic E-state index is 11.3. The third kappa shape index (κ3) is 6.45. The summed E-state index contributed by atoms with van der Waals surface area (Å²) >= 11 is 0. The maximum atomic E-state index is 11.3. The van der Waals surface area contributed by atoms with Gasteiger partial charge in [-0.2, -0.15) is 0 Å². The van der Waals surface area contributed by atoms with E-state index in [1.807, 2.05) is 6.92 Å². The van der Waals surface area contributed by atoms with Crippen molar-refractivity contribution >= 4 is 15.8 Å². The van der Waals surface area contributed by atoms with E-state index in [4.69, 9.17) is 6.42 Å². The molecule has 0 aromatic heterocycles. The number of guanidine groups is 1. The molecule has 0 bridgehead atoms. The summed E-state index contributed by atoms with van der Waals surface area (Å²) < 4.78 is 22.6. The minimum absolute atomic E-state index is 0.256. The summed E-state index contributed by atoms with van der Waals surface area (Å²) in [5, 5.41) is 6.11. The summed E-state index contributed by atoms with van der Waals surface area (Å²) in [5.41, 5.74) is 0. The van der Waals surface area contributed by atoms with Crippen molar-refractivity contribution in [2.45, 2.75) is 6.92 Å². The van der Waals surface area contributed by atoms with Crippen LogP contribution in [0, 0.1) is 12.3 Å². The largest absolute Gasteiger partial charge is 0.357 e. The van der Waals surface area contributed by atoms with Crippen molar-refractivity contribution in [1.29, 1.82) is 0 Å². The Kier molecular flexibility index (Phi) is 6.67. The Labute approximate surface area is 115 Å². The zero-order valence-electron chi connectivity index (χ0n) is 11.4. The van der Waals surface area contributed by atoms with E-state index in [1.54, 1.807) is 0 Å². The molecule has 1 rings (SSSR count). The van der Waals surface area contributed by atoms with Crippen LogP contribution in [0.1, 0.15) is 6.92 Å². The second-order valence-corrected chi connectivity index (χ2v) is 6.62. The summed E-state index contributed by atoms with van der Waals surface area (Å²) in [5.74, 6) is 3.71. The summed E-state index contributed by atoms with van der Waals surface area (Å²) in [6.45, 7) is 5.80. The van der Waals surface area contributed by atoms with E-state index in [9.17, 15) is 8.42 Å². The molecule has 108 valence electrons. The molecule has 0 atom stereocenters. The van der Waals surface area contributed by atoms with E-state index in [0.29, 0.717) is 32.1 Å². The molecular weight excluding hydrogens is 264 g/mol. The fourth-order valence-electron chi connectivity index (χ4n) is 1.75. The molecule has 0 spiro atoms. The van der Waals surface area contributed by atoms with Crippen molar-refractivity contribution < 1.29 is 8.42 Å². The lowest BCUT2D eigenvalue weighted by Crippen LogP contribution is -2.42. The van der Waals surface area contributed by atoms with E-state index in [2.05, 4.69) is 26.4 Å². The van der Waals surface area contributed by atoms with Crippen LogP contribution >= 0.6 is 0 Å². The van der Waals surface area contributed by atoms with Gasteiger partial charge in [-0.3, -0.25) is 9.89 Å². The van der Waals surface area contributed by atoms with Crippen molar-refractivity contribution in [2.24, 2.45) is 4.99 Å². The molecule has 19 heavy (non-hydrogen) atoms. The topological polar surface area (TPSA) is 73.8 Å². The average molecular weight is 286 g/mol. The molecule has 0 unspecified atom stereocenters. The van der Waals surface area contributed by atoms with Gasteiger partial charge in [0.1, 0.15) is 0 Å². The fraction of sp³-hybridized carbons (Fsp3) is 0.750. The van der Waals surface area contributed by atoms with Crippen LogP contribution in [0.25, 0.3) is 0 Å². The Hall–Kier alpha value is -1.26. The number of terminal acetylenes is 1. The van der Waals surface area contributed by atoms with Gasteiger partial charge in [-0.05, 0) is 6.92 Å². The fourth-order valence-corrected chi connectivity index (χ4v) is 3.03.